The summed E-state index contributed by atoms with van der Waals surface area (Å²) in [6, 6.07) is 1.76. The molecule has 0 radical (unpaired) electrons. The van der Waals surface area contributed by atoms with Crippen molar-refractivity contribution in [1.82, 2.24) is 4.31 Å². The van der Waals surface area contributed by atoms with Crippen molar-refractivity contribution in [3.05, 3.63) is 17.6 Å². The van der Waals surface area contributed by atoms with Crippen molar-refractivity contribution in [2.45, 2.75) is 62.3 Å². The zero-order valence-electron chi connectivity index (χ0n) is 12.3. The minimum Gasteiger partial charge on any atom is -0.464 e. The van der Waals surface area contributed by atoms with Crippen LogP contribution in [0.15, 0.2) is 15.4 Å². The molecule has 1 aliphatic carbocycles. The highest BCUT2D eigenvalue weighted by atomic mass is 35.5. The monoisotopic (exact) mass is 331 g/mol. The molecule has 0 aromatic carbocycles. The van der Waals surface area contributed by atoms with Crippen LogP contribution in [-0.4, -0.2) is 25.3 Å². The van der Waals surface area contributed by atoms with Gasteiger partial charge in [-0.15, -0.1) is 11.6 Å². The SMILES string of the molecule is Cc1oc(CCl)cc1S(=O)(=O)N1CCCC2CCCCC21. The van der Waals surface area contributed by atoms with Crippen molar-refractivity contribution < 1.29 is 12.8 Å². The van der Waals surface area contributed by atoms with E-state index in [2.05, 4.69) is 0 Å². The van der Waals surface area contributed by atoms with Gasteiger partial charge in [-0.25, -0.2) is 8.42 Å². The van der Waals surface area contributed by atoms with Crippen molar-refractivity contribution in [1.29, 1.82) is 0 Å². The number of fused-ring (bicyclic) bond motifs is 1. The summed E-state index contributed by atoms with van der Waals surface area (Å²) in [5, 5.41) is 0. The molecule has 118 valence electrons. The highest BCUT2D eigenvalue weighted by molar-refractivity contribution is 7.89. The summed E-state index contributed by atoms with van der Waals surface area (Å²) in [7, 11) is -3.47. The Hall–Kier alpha value is -0.520. The summed E-state index contributed by atoms with van der Waals surface area (Å²) in [4.78, 5) is 0.296. The Morgan fingerprint density at radius 1 is 1.29 bits per heavy atom. The third-order valence-electron chi connectivity index (χ3n) is 4.83. The standard InChI is InChI=1S/C15H22ClNO3S/c1-11-15(9-13(10-16)20-11)21(18,19)17-8-4-6-12-5-2-3-7-14(12)17/h9,12,14H,2-8,10H2,1H3. The number of aryl methyl sites for hydroxylation is 1. The number of hydrogen-bond donors (Lipinski definition) is 0. The van der Waals surface area contributed by atoms with Crippen molar-refractivity contribution in [3.8, 4) is 0 Å². The number of hydrogen-bond acceptors (Lipinski definition) is 3. The molecule has 6 heteroatoms. The maximum atomic E-state index is 13.0. The number of halogens is 1. The van der Waals surface area contributed by atoms with Crippen LogP contribution in [0.3, 0.4) is 0 Å². The molecule has 1 saturated heterocycles. The van der Waals surface area contributed by atoms with E-state index in [9.17, 15) is 8.42 Å². The first-order valence-electron chi connectivity index (χ1n) is 7.71. The quantitative estimate of drug-likeness (QED) is 0.794. The molecule has 0 amide bonds. The van der Waals surface area contributed by atoms with Crippen molar-refractivity contribution in [3.63, 3.8) is 0 Å². The zero-order chi connectivity index (χ0) is 15.0. The van der Waals surface area contributed by atoms with Crippen LogP contribution in [0.4, 0.5) is 0 Å². The Morgan fingerprint density at radius 2 is 2.00 bits per heavy atom. The molecule has 1 aliphatic heterocycles. The van der Waals surface area contributed by atoms with Crippen LogP contribution in [0, 0.1) is 12.8 Å². The lowest BCUT2D eigenvalue weighted by Crippen LogP contribution is -2.49. The Labute approximate surface area is 131 Å². The average molecular weight is 332 g/mol. The summed E-state index contributed by atoms with van der Waals surface area (Å²) >= 11 is 5.76. The second-order valence-corrected chi connectivity index (χ2v) is 8.26. The van der Waals surface area contributed by atoms with Crippen LogP contribution in [0.25, 0.3) is 0 Å². The second kappa shape index (κ2) is 5.94. The first-order valence-corrected chi connectivity index (χ1v) is 9.68. The van der Waals surface area contributed by atoms with E-state index in [0.29, 0.717) is 28.9 Å². The highest BCUT2D eigenvalue weighted by Gasteiger charge is 2.41. The minimum absolute atomic E-state index is 0.172. The van der Waals surface area contributed by atoms with E-state index in [1.54, 1.807) is 17.3 Å². The van der Waals surface area contributed by atoms with Gasteiger partial charge in [0.15, 0.2) is 0 Å². The number of furan rings is 1. The molecule has 1 aromatic heterocycles. The molecule has 1 aromatic rings. The maximum Gasteiger partial charge on any atom is 0.246 e. The summed E-state index contributed by atoms with van der Waals surface area (Å²) in [6.07, 6.45) is 6.63. The second-order valence-electron chi connectivity index (χ2n) is 6.14. The number of sulfonamides is 1. The first-order chi connectivity index (χ1) is 10.0. The summed E-state index contributed by atoms with van der Waals surface area (Å²) < 4.78 is 33.2. The minimum atomic E-state index is -3.47. The molecule has 4 nitrogen and oxygen atoms in total. The largest absolute Gasteiger partial charge is 0.464 e. The molecular formula is C15H22ClNO3S. The van der Waals surface area contributed by atoms with Crippen LogP contribution in [0.2, 0.25) is 0 Å². The van der Waals surface area contributed by atoms with Gasteiger partial charge in [0.05, 0.1) is 5.88 Å². The summed E-state index contributed by atoms with van der Waals surface area (Å²) in [6.45, 7) is 2.33. The van der Waals surface area contributed by atoms with E-state index in [1.807, 2.05) is 0 Å². The summed E-state index contributed by atoms with van der Waals surface area (Å²) in [5.41, 5.74) is 0. The van der Waals surface area contributed by atoms with Gasteiger partial charge in [0.2, 0.25) is 10.0 Å². The van der Waals surface area contributed by atoms with Crippen LogP contribution in [-0.2, 0) is 15.9 Å². The van der Waals surface area contributed by atoms with Gasteiger partial charge in [0.25, 0.3) is 0 Å². The van der Waals surface area contributed by atoms with Crippen LogP contribution in [0.5, 0.6) is 0 Å². The van der Waals surface area contributed by atoms with Gasteiger partial charge >= 0.3 is 0 Å². The number of alkyl halides is 1. The van der Waals surface area contributed by atoms with Crippen molar-refractivity contribution in [2.24, 2.45) is 5.92 Å². The molecular weight excluding hydrogens is 310 g/mol. The molecule has 2 heterocycles. The Kier molecular flexibility index (Phi) is 4.35. The number of rotatable bonds is 3. The average Bonchev–Trinajstić information content (AvgIpc) is 2.88. The molecule has 2 atom stereocenters. The van der Waals surface area contributed by atoms with Gasteiger partial charge in [-0.05, 0) is 38.5 Å². The molecule has 0 N–H and O–H groups in total. The molecule has 2 fully saturated rings. The molecule has 2 unspecified atom stereocenters. The fourth-order valence-corrected chi connectivity index (χ4v) is 5.92. The Bertz CT molecular complexity index is 608. The smallest absolute Gasteiger partial charge is 0.246 e. The van der Waals surface area contributed by atoms with Gasteiger partial charge in [-0.1, -0.05) is 12.8 Å². The lowest BCUT2D eigenvalue weighted by molar-refractivity contribution is 0.129. The fraction of sp³-hybridized carbons (Fsp3) is 0.733. The molecule has 0 spiro atoms. The van der Waals surface area contributed by atoms with E-state index in [4.69, 9.17) is 16.0 Å². The van der Waals surface area contributed by atoms with Crippen molar-refractivity contribution in [2.75, 3.05) is 6.54 Å². The third-order valence-corrected chi connectivity index (χ3v) is 7.13. The maximum absolute atomic E-state index is 13.0. The zero-order valence-corrected chi connectivity index (χ0v) is 13.9. The highest BCUT2D eigenvalue weighted by Crippen LogP contribution is 2.38. The number of nitrogens with zero attached hydrogens (tertiary/aromatic N) is 1. The predicted octanol–water partition coefficient (Wildman–Crippen LogP) is 3.67. The normalized spacial score (nSPS) is 27.5. The Morgan fingerprint density at radius 3 is 2.71 bits per heavy atom. The molecule has 21 heavy (non-hydrogen) atoms. The van der Waals surface area contributed by atoms with Gasteiger partial charge in [-0.2, -0.15) is 4.31 Å². The van der Waals surface area contributed by atoms with E-state index >= 15 is 0 Å². The van der Waals surface area contributed by atoms with E-state index < -0.39 is 10.0 Å². The molecule has 2 aliphatic rings. The molecule has 1 saturated carbocycles. The lowest BCUT2D eigenvalue weighted by atomic mass is 9.79. The lowest BCUT2D eigenvalue weighted by Gasteiger charge is -2.43. The van der Waals surface area contributed by atoms with Crippen LogP contribution in [0.1, 0.15) is 50.0 Å². The third kappa shape index (κ3) is 2.76. The van der Waals surface area contributed by atoms with Gasteiger partial charge in [0.1, 0.15) is 16.4 Å². The van der Waals surface area contributed by atoms with E-state index in [0.717, 1.165) is 32.1 Å². The first kappa shape index (κ1) is 15.4. The van der Waals surface area contributed by atoms with Crippen molar-refractivity contribution >= 4 is 21.6 Å². The number of piperidine rings is 1. The Balaban J connectivity index is 1.94. The van der Waals surface area contributed by atoms with Crippen LogP contribution < -0.4 is 0 Å². The van der Waals surface area contributed by atoms with E-state index in [1.165, 1.54) is 6.42 Å². The molecule has 3 rings (SSSR count). The summed E-state index contributed by atoms with van der Waals surface area (Å²) in [5.74, 6) is 1.69. The van der Waals surface area contributed by atoms with Gasteiger partial charge in [0, 0.05) is 18.7 Å². The molecule has 0 bridgehead atoms. The van der Waals surface area contributed by atoms with Crippen LogP contribution >= 0.6 is 11.6 Å². The van der Waals surface area contributed by atoms with Gasteiger partial charge < -0.3 is 4.42 Å². The predicted molar refractivity (Wildman–Crippen MR) is 81.9 cm³/mol. The topological polar surface area (TPSA) is 50.5 Å². The van der Waals surface area contributed by atoms with E-state index in [-0.39, 0.29) is 11.9 Å². The fourth-order valence-electron chi connectivity index (χ4n) is 3.85. The van der Waals surface area contributed by atoms with Gasteiger partial charge in [-0.3, -0.25) is 0 Å².